The topological polar surface area (TPSA) is 32.3 Å². The van der Waals surface area contributed by atoms with E-state index in [2.05, 4.69) is 10.2 Å². The van der Waals surface area contributed by atoms with Gasteiger partial charge in [0.1, 0.15) is 0 Å². The maximum absolute atomic E-state index is 12.6. The van der Waals surface area contributed by atoms with E-state index in [1.165, 1.54) is 51.4 Å². The zero-order valence-corrected chi connectivity index (χ0v) is 15.5. The molecule has 3 heteroatoms. The number of nitrogens with one attached hydrogen (secondary N) is 1. The molecule has 2 saturated heterocycles. The van der Waals surface area contributed by atoms with Crippen LogP contribution in [0, 0.1) is 6.92 Å². The van der Waals surface area contributed by atoms with Gasteiger partial charge in [-0.15, -0.1) is 0 Å². The molecular formula is C22H32N2O. The van der Waals surface area contributed by atoms with Crippen molar-refractivity contribution in [2.75, 3.05) is 0 Å². The molecule has 3 fully saturated rings. The van der Waals surface area contributed by atoms with Crippen LogP contribution < -0.4 is 5.32 Å². The summed E-state index contributed by atoms with van der Waals surface area (Å²) < 4.78 is 0. The average Bonchev–Trinajstić information content (AvgIpc) is 2.61. The number of amides is 1. The molecule has 1 N–H and O–H groups in total. The molecule has 0 radical (unpaired) electrons. The Balaban J connectivity index is 1.41. The molecule has 25 heavy (non-hydrogen) atoms. The Hall–Kier alpha value is -1.35. The van der Waals surface area contributed by atoms with Gasteiger partial charge in [0, 0.05) is 29.7 Å². The highest BCUT2D eigenvalue weighted by molar-refractivity contribution is 5.94. The summed E-state index contributed by atoms with van der Waals surface area (Å²) in [5.74, 6) is 0.109. The monoisotopic (exact) mass is 340 g/mol. The summed E-state index contributed by atoms with van der Waals surface area (Å²) >= 11 is 0. The Kier molecular flexibility index (Phi) is 5.12. The fourth-order valence-corrected chi connectivity index (χ4v) is 5.57. The van der Waals surface area contributed by atoms with Crippen LogP contribution in [0.2, 0.25) is 0 Å². The summed E-state index contributed by atoms with van der Waals surface area (Å²) in [4.78, 5) is 15.5. The van der Waals surface area contributed by atoms with Crippen molar-refractivity contribution >= 4 is 5.91 Å². The lowest BCUT2D eigenvalue weighted by Gasteiger charge is -2.53. The lowest BCUT2D eigenvalue weighted by atomic mass is 9.78. The number of fused-ring (bicyclic) bond motifs is 2. The predicted octanol–water partition coefficient (Wildman–Crippen LogP) is 4.44. The first-order valence-corrected chi connectivity index (χ1v) is 10.4. The van der Waals surface area contributed by atoms with Crippen LogP contribution in [0.25, 0.3) is 0 Å². The molecule has 2 heterocycles. The van der Waals surface area contributed by atoms with Gasteiger partial charge in [-0.25, -0.2) is 0 Å². The summed E-state index contributed by atoms with van der Waals surface area (Å²) in [5.41, 5.74) is 1.96. The zero-order chi connectivity index (χ0) is 17.2. The quantitative estimate of drug-likeness (QED) is 0.882. The Morgan fingerprint density at radius 2 is 1.64 bits per heavy atom. The van der Waals surface area contributed by atoms with Gasteiger partial charge in [0.25, 0.3) is 5.91 Å². The van der Waals surface area contributed by atoms with Gasteiger partial charge >= 0.3 is 0 Å². The second-order valence-corrected chi connectivity index (χ2v) is 8.49. The number of benzene rings is 1. The third kappa shape index (κ3) is 3.76. The predicted molar refractivity (Wildman–Crippen MR) is 102 cm³/mol. The van der Waals surface area contributed by atoms with Crippen LogP contribution in [0.3, 0.4) is 0 Å². The Morgan fingerprint density at radius 1 is 0.960 bits per heavy atom. The van der Waals surface area contributed by atoms with Gasteiger partial charge in [-0.3, -0.25) is 9.69 Å². The molecule has 1 saturated carbocycles. The van der Waals surface area contributed by atoms with Crippen LogP contribution in [0.4, 0.5) is 0 Å². The molecule has 1 unspecified atom stereocenters. The summed E-state index contributed by atoms with van der Waals surface area (Å²) in [6.45, 7) is 2.05. The van der Waals surface area contributed by atoms with Gasteiger partial charge in [-0.2, -0.15) is 0 Å². The number of rotatable bonds is 3. The molecule has 3 nitrogen and oxygen atoms in total. The summed E-state index contributed by atoms with van der Waals surface area (Å²) in [5, 5.41) is 3.35. The van der Waals surface area contributed by atoms with E-state index in [0.717, 1.165) is 30.0 Å². The smallest absolute Gasteiger partial charge is 0.251 e. The lowest BCUT2D eigenvalue weighted by molar-refractivity contribution is -0.0211. The third-order valence-electron chi connectivity index (χ3n) is 6.64. The number of hydrogen-bond donors (Lipinski definition) is 1. The Bertz CT molecular complexity index is 594. The van der Waals surface area contributed by atoms with Crippen molar-refractivity contribution in [1.82, 2.24) is 10.2 Å². The van der Waals surface area contributed by atoms with Crippen LogP contribution in [0.15, 0.2) is 24.3 Å². The maximum atomic E-state index is 12.6. The van der Waals surface area contributed by atoms with Crippen molar-refractivity contribution < 1.29 is 4.79 Å². The van der Waals surface area contributed by atoms with E-state index in [-0.39, 0.29) is 5.91 Å². The van der Waals surface area contributed by atoms with E-state index in [4.69, 9.17) is 0 Å². The van der Waals surface area contributed by atoms with Crippen LogP contribution in [-0.4, -0.2) is 35.0 Å². The van der Waals surface area contributed by atoms with Crippen molar-refractivity contribution in [3.05, 3.63) is 35.4 Å². The molecule has 1 aromatic rings. The highest BCUT2D eigenvalue weighted by Crippen LogP contribution is 2.39. The minimum Gasteiger partial charge on any atom is -0.349 e. The van der Waals surface area contributed by atoms with Gasteiger partial charge in [0.05, 0.1) is 0 Å². The van der Waals surface area contributed by atoms with Crippen molar-refractivity contribution in [3.8, 4) is 0 Å². The lowest BCUT2D eigenvalue weighted by Crippen LogP contribution is -2.60. The van der Waals surface area contributed by atoms with E-state index in [1.807, 2.05) is 31.2 Å². The zero-order valence-electron chi connectivity index (χ0n) is 15.5. The number of carbonyl (C=O) groups excluding carboxylic acids is 1. The molecular weight excluding hydrogens is 308 g/mol. The average molecular weight is 341 g/mol. The molecule has 4 rings (SSSR count). The van der Waals surface area contributed by atoms with Crippen LogP contribution in [0.5, 0.6) is 0 Å². The van der Waals surface area contributed by atoms with Gasteiger partial charge in [0.15, 0.2) is 0 Å². The van der Waals surface area contributed by atoms with Gasteiger partial charge in [0.2, 0.25) is 0 Å². The number of hydrogen-bond acceptors (Lipinski definition) is 2. The number of nitrogens with zero attached hydrogens (tertiary/aromatic N) is 1. The Labute approximate surface area is 152 Å². The summed E-state index contributed by atoms with van der Waals surface area (Å²) in [7, 11) is 0. The maximum Gasteiger partial charge on any atom is 0.251 e. The fourth-order valence-electron chi connectivity index (χ4n) is 5.57. The van der Waals surface area contributed by atoms with Gasteiger partial charge < -0.3 is 5.32 Å². The van der Waals surface area contributed by atoms with Crippen molar-refractivity contribution in [2.45, 2.75) is 95.3 Å². The molecule has 0 aromatic heterocycles. The van der Waals surface area contributed by atoms with Gasteiger partial charge in [-0.1, -0.05) is 43.4 Å². The molecule has 3 atom stereocenters. The summed E-state index contributed by atoms with van der Waals surface area (Å²) in [6, 6.07) is 10.5. The molecule has 1 aromatic carbocycles. The normalized spacial score (nSPS) is 30.8. The highest BCUT2D eigenvalue weighted by atomic mass is 16.1. The fraction of sp³-hybridized carbons (Fsp3) is 0.682. The van der Waals surface area contributed by atoms with Crippen molar-refractivity contribution in [1.29, 1.82) is 0 Å². The van der Waals surface area contributed by atoms with E-state index in [0.29, 0.717) is 18.1 Å². The minimum absolute atomic E-state index is 0.109. The largest absolute Gasteiger partial charge is 0.349 e. The first-order chi connectivity index (χ1) is 12.2. The van der Waals surface area contributed by atoms with Gasteiger partial charge in [-0.05, 0) is 57.6 Å². The number of aryl methyl sites for hydroxylation is 1. The van der Waals surface area contributed by atoms with E-state index < -0.39 is 0 Å². The van der Waals surface area contributed by atoms with Crippen molar-refractivity contribution in [3.63, 3.8) is 0 Å². The minimum atomic E-state index is 0.109. The highest BCUT2D eigenvalue weighted by Gasteiger charge is 2.42. The third-order valence-corrected chi connectivity index (χ3v) is 6.64. The van der Waals surface area contributed by atoms with E-state index >= 15 is 0 Å². The molecule has 1 aliphatic carbocycles. The van der Waals surface area contributed by atoms with Crippen LogP contribution in [0.1, 0.15) is 80.1 Å². The Morgan fingerprint density at radius 3 is 2.32 bits per heavy atom. The SMILES string of the molecule is Cc1cccc(C(=O)NC2C[C@H]3CCC[C@@H](C2)N3C2CCCCC2)c1. The summed E-state index contributed by atoms with van der Waals surface area (Å²) in [6.07, 6.45) is 13.3. The van der Waals surface area contributed by atoms with E-state index in [9.17, 15) is 4.79 Å². The molecule has 3 aliphatic rings. The van der Waals surface area contributed by atoms with Crippen molar-refractivity contribution in [2.24, 2.45) is 0 Å². The van der Waals surface area contributed by atoms with Crippen LogP contribution >= 0.6 is 0 Å². The van der Waals surface area contributed by atoms with Crippen LogP contribution in [-0.2, 0) is 0 Å². The molecule has 2 aliphatic heterocycles. The number of carbonyl (C=O) groups is 1. The first-order valence-electron chi connectivity index (χ1n) is 10.4. The second kappa shape index (κ2) is 7.49. The number of piperidine rings is 2. The van der Waals surface area contributed by atoms with E-state index in [1.54, 1.807) is 0 Å². The first kappa shape index (κ1) is 17.1. The molecule has 1 amide bonds. The molecule has 0 spiro atoms. The molecule has 136 valence electrons. The standard InChI is InChI=1S/C22H32N2O/c1-16-7-5-8-17(13-16)22(25)23-18-14-20-11-6-12-21(15-18)24(20)19-9-3-2-4-10-19/h5,7-8,13,18-21H,2-4,6,9-12,14-15H2,1H3,(H,23,25)/t18?,20-,21+. The molecule has 2 bridgehead atoms. The second-order valence-electron chi connectivity index (χ2n) is 8.49.